The molecular weight excluding hydrogens is 404 g/mol. The zero-order chi connectivity index (χ0) is 22.6. The van der Waals surface area contributed by atoms with E-state index in [2.05, 4.69) is 27.5 Å². The van der Waals surface area contributed by atoms with Crippen LogP contribution in [0.5, 0.6) is 17.2 Å². The van der Waals surface area contributed by atoms with Crippen molar-refractivity contribution in [2.45, 2.75) is 38.2 Å². The van der Waals surface area contributed by atoms with E-state index in [9.17, 15) is 0 Å². The maximum Gasteiger partial charge on any atom is 0.209 e. The van der Waals surface area contributed by atoms with Crippen LogP contribution < -0.4 is 24.8 Å². The van der Waals surface area contributed by atoms with E-state index in [0.29, 0.717) is 30.4 Å². The Kier molecular flexibility index (Phi) is 8.65. The number of nitrogens with one attached hydrogen (secondary N) is 2. The van der Waals surface area contributed by atoms with Crippen molar-refractivity contribution in [3.8, 4) is 35.3 Å². The van der Waals surface area contributed by atoms with Gasteiger partial charge in [-0.3, -0.25) is 10.3 Å². The number of nitriles is 1. The molecule has 0 saturated heterocycles. The summed E-state index contributed by atoms with van der Waals surface area (Å²) in [5.74, 6) is 8.71. The molecule has 0 aromatic heterocycles. The standard InChI is InChI=1S/C25H28N4O3/c1-30-21-13-10-19(11-14-21)7-5-6-16-27-25(28-18-26)29-20-12-15-23(31-2)24(17-20)32-22-8-3-4-9-22/h10-15,17,22H,3-4,6,8-9,16H2,1-2H3,(H2,27,28,29). The fourth-order valence-corrected chi connectivity index (χ4v) is 3.39. The van der Waals surface area contributed by atoms with Gasteiger partial charge in [0.1, 0.15) is 5.75 Å². The first-order chi connectivity index (χ1) is 15.7. The third-order valence-electron chi connectivity index (χ3n) is 5.03. The number of methoxy groups -OCH3 is 2. The minimum atomic E-state index is 0.216. The number of anilines is 1. The molecule has 0 amide bonds. The summed E-state index contributed by atoms with van der Waals surface area (Å²) in [5, 5.41) is 14.8. The van der Waals surface area contributed by atoms with Crippen molar-refractivity contribution in [1.82, 2.24) is 5.32 Å². The lowest BCUT2D eigenvalue weighted by Crippen LogP contribution is -2.27. The first-order valence-corrected chi connectivity index (χ1v) is 10.7. The minimum absolute atomic E-state index is 0.216. The molecule has 0 bridgehead atoms. The van der Waals surface area contributed by atoms with Crippen molar-refractivity contribution < 1.29 is 14.2 Å². The molecule has 2 aromatic rings. The van der Waals surface area contributed by atoms with E-state index >= 15 is 0 Å². The van der Waals surface area contributed by atoms with Crippen LogP contribution in [0.2, 0.25) is 0 Å². The molecule has 1 saturated carbocycles. The summed E-state index contributed by atoms with van der Waals surface area (Å²) in [6.45, 7) is 0.446. The highest BCUT2D eigenvalue weighted by molar-refractivity contribution is 5.94. The van der Waals surface area contributed by atoms with Crippen molar-refractivity contribution in [3.05, 3.63) is 48.0 Å². The molecule has 32 heavy (non-hydrogen) atoms. The molecule has 166 valence electrons. The number of aliphatic imine (C=N–C) groups is 1. The normalized spacial score (nSPS) is 13.5. The van der Waals surface area contributed by atoms with Gasteiger partial charge < -0.3 is 19.5 Å². The summed E-state index contributed by atoms with van der Waals surface area (Å²) in [6, 6.07) is 13.1. The second-order valence-corrected chi connectivity index (χ2v) is 7.26. The number of benzene rings is 2. The Hall–Kier alpha value is -3.84. The number of rotatable bonds is 7. The van der Waals surface area contributed by atoms with Crippen molar-refractivity contribution in [1.29, 1.82) is 5.26 Å². The van der Waals surface area contributed by atoms with Crippen LogP contribution in [-0.2, 0) is 0 Å². The van der Waals surface area contributed by atoms with Crippen LogP contribution in [0.1, 0.15) is 37.7 Å². The van der Waals surface area contributed by atoms with Gasteiger partial charge in [-0.25, -0.2) is 0 Å². The van der Waals surface area contributed by atoms with Gasteiger partial charge in [-0.15, -0.1) is 0 Å². The molecular formula is C25H28N4O3. The SMILES string of the molecule is COc1ccc(C#CCCN=C(NC#N)Nc2ccc(OC)c(OC3CCCC3)c2)cc1. The van der Waals surface area contributed by atoms with Crippen LogP contribution in [-0.4, -0.2) is 32.8 Å². The second-order valence-electron chi connectivity index (χ2n) is 7.26. The summed E-state index contributed by atoms with van der Waals surface area (Å²) >= 11 is 0. The average molecular weight is 433 g/mol. The number of guanidine groups is 1. The summed E-state index contributed by atoms with van der Waals surface area (Å²) in [6.07, 6.45) is 7.18. The molecule has 1 fully saturated rings. The Morgan fingerprint density at radius 3 is 2.53 bits per heavy atom. The molecule has 0 spiro atoms. The maximum atomic E-state index is 9.07. The van der Waals surface area contributed by atoms with E-state index in [1.807, 2.05) is 48.7 Å². The molecule has 0 aliphatic heterocycles. The summed E-state index contributed by atoms with van der Waals surface area (Å²) < 4.78 is 16.7. The van der Waals surface area contributed by atoms with Crippen LogP contribution in [0.4, 0.5) is 5.69 Å². The quantitative estimate of drug-likeness (QED) is 0.169. The first-order valence-electron chi connectivity index (χ1n) is 10.7. The lowest BCUT2D eigenvalue weighted by Gasteiger charge is -2.17. The highest BCUT2D eigenvalue weighted by atomic mass is 16.5. The Morgan fingerprint density at radius 2 is 1.84 bits per heavy atom. The Balaban J connectivity index is 1.60. The van der Waals surface area contributed by atoms with E-state index < -0.39 is 0 Å². The fourth-order valence-electron chi connectivity index (χ4n) is 3.39. The van der Waals surface area contributed by atoms with Crippen LogP contribution in [0, 0.1) is 23.3 Å². The van der Waals surface area contributed by atoms with Gasteiger partial charge in [0, 0.05) is 23.7 Å². The molecule has 0 unspecified atom stereocenters. The van der Waals surface area contributed by atoms with Crippen molar-refractivity contribution in [2.24, 2.45) is 4.99 Å². The van der Waals surface area contributed by atoms with Crippen LogP contribution in [0.15, 0.2) is 47.5 Å². The summed E-state index contributed by atoms with van der Waals surface area (Å²) in [7, 11) is 3.26. The lowest BCUT2D eigenvalue weighted by atomic mass is 10.2. The van der Waals surface area contributed by atoms with Gasteiger partial charge in [0.2, 0.25) is 5.96 Å². The van der Waals surface area contributed by atoms with E-state index in [1.165, 1.54) is 12.8 Å². The number of hydrogen-bond acceptors (Lipinski definition) is 5. The highest BCUT2D eigenvalue weighted by Crippen LogP contribution is 2.33. The van der Waals surface area contributed by atoms with Crippen LogP contribution >= 0.6 is 0 Å². The number of hydrogen-bond donors (Lipinski definition) is 2. The molecule has 1 aliphatic rings. The Bertz CT molecular complexity index is 1010. The lowest BCUT2D eigenvalue weighted by molar-refractivity contribution is 0.201. The molecule has 2 N–H and O–H groups in total. The van der Waals surface area contributed by atoms with E-state index in [1.54, 1.807) is 14.2 Å². The van der Waals surface area contributed by atoms with E-state index in [-0.39, 0.29) is 6.10 Å². The van der Waals surface area contributed by atoms with Gasteiger partial charge in [-0.2, -0.15) is 5.26 Å². The van der Waals surface area contributed by atoms with Crippen molar-refractivity contribution >= 4 is 11.6 Å². The van der Waals surface area contributed by atoms with Gasteiger partial charge in [-0.1, -0.05) is 11.8 Å². The Labute approximate surface area is 189 Å². The smallest absolute Gasteiger partial charge is 0.209 e. The predicted octanol–water partition coefficient (Wildman–Crippen LogP) is 4.31. The molecule has 0 radical (unpaired) electrons. The third-order valence-corrected chi connectivity index (χ3v) is 5.03. The summed E-state index contributed by atoms with van der Waals surface area (Å²) in [5.41, 5.74) is 1.67. The number of nitrogens with zero attached hydrogens (tertiary/aromatic N) is 2. The van der Waals surface area contributed by atoms with Gasteiger partial charge in [0.25, 0.3) is 0 Å². The second kappa shape index (κ2) is 12.1. The molecule has 7 heteroatoms. The summed E-state index contributed by atoms with van der Waals surface area (Å²) in [4.78, 5) is 4.42. The Morgan fingerprint density at radius 1 is 1.06 bits per heavy atom. The van der Waals surface area contributed by atoms with Crippen LogP contribution in [0.25, 0.3) is 0 Å². The molecule has 2 aromatic carbocycles. The monoisotopic (exact) mass is 432 g/mol. The highest BCUT2D eigenvalue weighted by Gasteiger charge is 2.18. The van der Waals surface area contributed by atoms with Crippen molar-refractivity contribution in [3.63, 3.8) is 0 Å². The average Bonchev–Trinajstić information content (AvgIpc) is 3.33. The van der Waals surface area contributed by atoms with E-state index in [4.69, 9.17) is 19.5 Å². The third kappa shape index (κ3) is 6.85. The first kappa shape index (κ1) is 22.8. The van der Waals surface area contributed by atoms with Gasteiger partial charge >= 0.3 is 0 Å². The van der Waals surface area contributed by atoms with Crippen LogP contribution in [0.3, 0.4) is 0 Å². The minimum Gasteiger partial charge on any atom is -0.497 e. The van der Waals surface area contributed by atoms with Gasteiger partial charge in [-0.05, 0) is 62.1 Å². The topological polar surface area (TPSA) is 87.9 Å². The number of ether oxygens (including phenoxy) is 3. The molecule has 0 atom stereocenters. The fraction of sp³-hybridized carbons (Fsp3) is 0.360. The largest absolute Gasteiger partial charge is 0.497 e. The molecule has 0 heterocycles. The van der Waals surface area contributed by atoms with Crippen molar-refractivity contribution in [2.75, 3.05) is 26.1 Å². The predicted molar refractivity (Wildman–Crippen MR) is 125 cm³/mol. The molecule has 3 rings (SSSR count). The van der Waals surface area contributed by atoms with Gasteiger partial charge in [0.15, 0.2) is 17.7 Å². The zero-order valence-corrected chi connectivity index (χ0v) is 18.5. The maximum absolute atomic E-state index is 9.07. The van der Waals surface area contributed by atoms with Gasteiger partial charge in [0.05, 0.1) is 26.9 Å². The molecule has 1 aliphatic carbocycles. The zero-order valence-electron chi connectivity index (χ0n) is 18.5. The van der Waals surface area contributed by atoms with E-state index in [0.717, 1.165) is 29.8 Å². The molecule has 7 nitrogen and oxygen atoms in total.